The van der Waals surface area contributed by atoms with Gasteiger partial charge in [-0.05, 0) is 42.8 Å². The van der Waals surface area contributed by atoms with Crippen LogP contribution in [0.5, 0.6) is 0 Å². The van der Waals surface area contributed by atoms with Gasteiger partial charge in [0.05, 0.1) is 17.0 Å². The van der Waals surface area contributed by atoms with Gasteiger partial charge < -0.3 is 4.90 Å². The second-order valence-electron chi connectivity index (χ2n) is 5.55. The number of fused-ring (bicyclic) bond motifs is 1. The number of primary sulfonamides is 1. The first-order valence-corrected chi connectivity index (χ1v) is 9.41. The number of sulfonamides is 1. The Morgan fingerprint density at radius 1 is 1.18 bits per heavy atom. The summed E-state index contributed by atoms with van der Waals surface area (Å²) < 4.78 is 23.0. The smallest absolute Gasteiger partial charge is 0.255 e. The largest absolute Gasteiger partial charge is 0.327 e. The summed E-state index contributed by atoms with van der Waals surface area (Å²) in [5.74, 6) is -0.286. The van der Waals surface area contributed by atoms with Crippen LogP contribution in [0.3, 0.4) is 0 Å². The first-order valence-electron chi connectivity index (χ1n) is 7.05. The summed E-state index contributed by atoms with van der Waals surface area (Å²) in [6.45, 7) is 0.0631. The van der Waals surface area contributed by atoms with Crippen molar-refractivity contribution < 1.29 is 18.0 Å². The number of hydrogen-bond donors (Lipinski definition) is 1. The van der Waals surface area contributed by atoms with Gasteiger partial charge in [-0.2, -0.15) is 0 Å². The van der Waals surface area contributed by atoms with E-state index in [1.807, 2.05) is 0 Å². The maximum Gasteiger partial charge on any atom is 0.255 e. The molecule has 1 heterocycles. The van der Waals surface area contributed by atoms with Gasteiger partial charge in [0.1, 0.15) is 0 Å². The molecule has 0 spiro atoms. The fraction of sp³-hybridized carbons (Fsp3) is 0.429. The first kappa shape index (κ1) is 15.5. The van der Waals surface area contributed by atoms with Crippen LogP contribution in [0, 0.1) is 0 Å². The number of carbonyl (C=O) groups excluding carboxylic acids is 2. The van der Waals surface area contributed by atoms with Crippen molar-refractivity contribution in [2.45, 2.75) is 41.5 Å². The van der Waals surface area contributed by atoms with Crippen LogP contribution >= 0.6 is 11.8 Å². The number of hydrogen-bond acceptors (Lipinski definition) is 5. The molecule has 8 heteroatoms. The summed E-state index contributed by atoms with van der Waals surface area (Å²) in [6, 6.07) is 4.14. The lowest BCUT2D eigenvalue weighted by molar-refractivity contribution is -0.111. The second-order valence-corrected chi connectivity index (χ2v) is 8.21. The molecule has 3 rings (SSSR count). The lowest BCUT2D eigenvalue weighted by Gasteiger charge is -2.26. The Morgan fingerprint density at radius 2 is 1.86 bits per heavy atom. The van der Waals surface area contributed by atoms with Crippen LogP contribution in [0.2, 0.25) is 0 Å². The molecule has 2 N–H and O–H groups in total. The lowest BCUT2D eigenvalue weighted by Crippen LogP contribution is -2.40. The fourth-order valence-electron chi connectivity index (χ4n) is 2.97. The lowest BCUT2D eigenvalue weighted by atomic mass is 10.1. The molecular formula is C14H16N2O4S2. The molecule has 0 radical (unpaired) electrons. The molecule has 2 aliphatic rings. The normalized spacial score (nSPS) is 20.1. The minimum atomic E-state index is -3.89. The molecule has 0 saturated heterocycles. The van der Waals surface area contributed by atoms with Crippen LogP contribution in [0.1, 0.15) is 36.0 Å². The summed E-state index contributed by atoms with van der Waals surface area (Å²) in [6.07, 6.45) is 3.85. The second kappa shape index (κ2) is 5.68. The highest BCUT2D eigenvalue weighted by Crippen LogP contribution is 2.33. The minimum absolute atomic E-state index is 0.0566. The molecular weight excluding hydrogens is 324 g/mol. The first-order chi connectivity index (χ1) is 10.4. The number of nitrogens with two attached hydrogens (primary N) is 1. The predicted octanol–water partition coefficient (Wildman–Crippen LogP) is 1.35. The molecule has 1 amide bonds. The van der Waals surface area contributed by atoms with Crippen molar-refractivity contribution in [3.05, 3.63) is 23.8 Å². The highest BCUT2D eigenvalue weighted by Gasteiger charge is 2.33. The highest BCUT2D eigenvalue weighted by atomic mass is 32.2. The van der Waals surface area contributed by atoms with E-state index in [4.69, 9.17) is 5.14 Å². The van der Waals surface area contributed by atoms with Crippen LogP contribution in [0.25, 0.3) is 0 Å². The zero-order valence-corrected chi connectivity index (χ0v) is 13.5. The van der Waals surface area contributed by atoms with Crippen molar-refractivity contribution in [3.63, 3.8) is 0 Å². The van der Waals surface area contributed by atoms with Crippen LogP contribution in [0.15, 0.2) is 28.0 Å². The average molecular weight is 340 g/mol. The molecule has 1 aliphatic carbocycles. The van der Waals surface area contributed by atoms with Gasteiger partial charge in [0.2, 0.25) is 15.1 Å². The Morgan fingerprint density at radius 3 is 2.50 bits per heavy atom. The zero-order chi connectivity index (χ0) is 15.9. The Hall–Kier alpha value is -1.38. The Kier molecular flexibility index (Phi) is 4.00. The van der Waals surface area contributed by atoms with Crippen molar-refractivity contribution in [3.8, 4) is 0 Å². The van der Waals surface area contributed by atoms with Gasteiger partial charge in [-0.15, -0.1) is 0 Å². The third-order valence-corrected chi connectivity index (χ3v) is 5.90. The Bertz CT molecular complexity index is 739. The van der Waals surface area contributed by atoms with E-state index in [0.29, 0.717) is 4.90 Å². The number of carbonyl (C=O) groups is 2. The number of amides is 1. The number of thioether (sulfide) groups is 1. The SMILES string of the molecule is NS(=O)(=O)c1ccc2c(c1)C(=O)N(C1CCCC1)CC(=O)S2. The van der Waals surface area contributed by atoms with Gasteiger partial charge in [-0.1, -0.05) is 12.8 Å². The predicted molar refractivity (Wildman–Crippen MR) is 82.0 cm³/mol. The molecule has 1 aromatic rings. The molecule has 6 nitrogen and oxygen atoms in total. The van der Waals surface area contributed by atoms with Gasteiger partial charge >= 0.3 is 0 Å². The van der Waals surface area contributed by atoms with Crippen molar-refractivity contribution in [2.75, 3.05) is 6.54 Å². The molecule has 22 heavy (non-hydrogen) atoms. The summed E-state index contributed by atoms with van der Waals surface area (Å²) in [7, 11) is -3.89. The Balaban J connectivity index is 2.06. The fourth-order valence-corrected chi connectivity index (χ4v) is 4.35. The van der Waals surface area contributed by atoms with E-state index in [1.54, 1.807) is 4.90 Å². The third kappa shape index (κ3) is 2.90. The monoisotopic (exact) mass is 340 g/mol. The highest BCUT2D eigenvalue weighted by molar-refractivity contribution is 8.13. The molecule has 1 aromatic carbocycles. The molecule has 0 unspecified atom stereocenters. The van der Waals surface area contributed by atoms with E-state index in [9.17, 15) is 18.0 Å². The van der Waals surface area contributed by atoms with Gasteiger partial charge in [0.15, 0.2) is 0 Å². The Labute approximate surface area is 133 Å². The summed E-state index contributed by atoms with van der Waals surface area (Å²) >= 11 is 0.981. The van der Waals surface area contributed by atoms with E-state index in [-0.39, 0.29) is 34.1 Å². The van der Waals surface area contributed by atoms with Crippen molar-refractivity contribution in [1.82, 2.24) is 4.90 Å². The topological polar surface area (TPSA) is 97.5 Å². The van der Waals surface area contributed by atoms with Crippen LogP contribution in [0.4, 0.5) is 0 Å². The van der Waals surface area contributed by atoms with E-state index in [1.165, 1.54) is 18.2 Å². The average Bonchev–Trinajstić information content (AvgIpc) is 2.93. The number of benzene rings is 1. The minimum Gasteiger partial charge on any atom is -0.327 e. The van der Waals surface area contributed by atoms with E-state index in [0.717, 1.165) is 37.4 Å². The molecule has 1 aliphatic heterocycles. The van der Waals surface area contributed by atoms with Gasteiger partial charge in [-0.3, -0.25) is 9.59 Å². The molecule has 1 saturated carbocycles. The van der Waals surface area contributed by atoms with Gasteiger partial charge in [0, 0.05) is 10.9 Å². The number of nitrogens with zero attached hydrogens (tertiary/aromatic N) is 1. The van der Waals surface area contributed by atoms with E-state index >= 15 is 0 Å². The van der Waals surface area contributed by atoms with E-state index < -0.39 is 10.0 Å². The quantitative estimate of drug-likeness (QED) is 0.876. The number of rotatable bonds is 2. The van der Waals surface area contributed by atoms with Gasteiger partial charge in [-0.25, -0.2) is 13.6 Å². The van der Waals surface area contributed by atoms with Crippen molar-refractivity contribution >= 4 is 32.8 Å². The molecule has 0 aromatic heterocycles. The summed E-state index contributed by atoms with van der Waals surface area (Å²) in [5.41, 5.74) is 0.245. The van der Waals surface area contributed by atoms with Gasteiger partial charge in [0.25, 0.3) is 5.91 Å². The standard InChI is InChI=1S/C14H16N2O4S2/c15-22(19,20)10-5-6-12-11(7-10)14(18)16(8-13(17)21-12)9-3-1-2-4-9/h5-7,9H,1-4,8H2,(H2,15,19,20). The zero-order valence-electron chi connectivity index (χ0n) is 11.8. The van der Waals surface area contributed by atoms with Crippen LogP contribution in [-0.2, 0) is 14.8 Å². The van der Waals surface area contributed by atoms with Crippen LogP contribution in [-0.4, -0.2) is 36.9 Å². The van der Waals surface area contributed by atoms with Crippen molar-refractivity contribution in [2.24, 2.45) is 5.14 Å². The molecule has 0 atom stereocenters. The van der Waals surface area contributed by atoms with Crippen LogP contribution < -0.4 is 5.14 Å². The maximum atomic E-state index is 12.8. The molecule has 1 fully saturated rings. The molecule has 118 valence electrons. The third-order valence-electron chi connectivity index (χ3n) is 4.06. The molecule has 0 bridgehead atoms. The summed E-state index contributed by atoms with van der Waals surface area (Å²) in [5, 5.41) is 5.02. The van der Waals surface area contributed by atoms with Crippen molar-refractivity contribution in [1.29, 1.82) is 0 Å². The maximum absolute atomic E-state index is 12.8. The van der Waals surface area contributed by atoms with E-state index in [2.05, 4.69) is 0 Å². The summed E-state index contributed by atoms with van der Waals surface area (Å²) in [4.78, 5) is 26.8.